The van der Waals surface area contributed by atoms with E-state index in [9.17, 15) is 4.79 Å². The minimum atomic E-state index is -0.0638. The number of fused-ring (bicyclic) bond motifs is 1. The van der Waals surface area contributed by atoms with Gasteiger partial charge in [0.1, 0.15) is 5.75 Å². The molecule has 132 valence electrons. The maximum absolute atomic E-state index is 12.0. The third-order valence-electron chi connectivity index (χ3n) is 3.56. The van der Waals surface area contributed by atoms with Gasteiger partial charge in [0.05, 0.1) is 6.10 Å². The third kappa shape index (κ3) is 4.79. The molecular formula is C19H22N2O4. The Labute approximate surface area is 147 Å². The van der Waals surface area contributed by atoms with Crippen LogP contribution in [0.25, 0.3) is 0 Å². The van der Waals surface area contributed by atoms with Gasteiger partial charge in [-0.05, 0) is 50.2 Å². The Morgan fingerprint density at radius 1 is 1.08 bits per heavy atom. The highest BCUT2D eigenvalue weighted by Crippen LogP contribution is 2.34. The van der Waals surface area contributed by atoms with Crippen molar-refractivity contribution in [1.82, 2.24) is 0 Å². The number of anilines is 2. The van der Waals surface area contributed by atoms with Crippen molar-refractivity contribution in [3.63, 3.8) is 0 Å². The van der Waals surface area contributed by atoms with E-state index in [-0.39, 0.29) is 18.8 Å². The Kier molecular flexibility index (Phi) is 5.28. The summed E-state index contributed by atoms with van der Waals surface area (Å²) in [6.07, 6.45) is 0.511. The second kappa shape index (κ2) is 7.79. The number of carbonyl (C=O) groups is 1. The zero-order valence-corrected chi connectivity index (χ0v) is 14.4. The van der Waals surface area contributed by atoms with Crippen molar-refractivity contribution < 1.29 is 19.0 Å². The molecule has 0 fully saturated rings. The van der Waals surface area contributed by atoms with Gasteiger partial charge < -0.3 is 24.8 Å². The maximum Gasteiger partial charge on any atom is 0.231 e. The molecule has 2 N–H and O–H groups in total. The van der Waals surface area contributed by atoms with Gasteiger partial charge in [-0.1, -0.05) is 0 Å². The van der Waals surface area contributed by atoms with E-state index in [2.05, 4.69) is 10.6 Å². The Balaban J connectivity index is 1.43. The first-order chi connectivity index (χ1) is 12.1. The summed E-state index contributed by atoms with van der Waals surface area (Å²) in [6, 6.07) is 13.1. The molecule has 1 amide bonds. The minimum Gasteiger partial charge on any atom is -0.491 e. The molecule has 0 saturated heterocycles. The van der Waals surface area contributed by atoms with Gasteiger partial charge in [0.15, 0.2) is 11.5 Å². The molecular weight excluding hydrogens is 320 g/mol. The molecule has 25 heavy (non-hydrogen) atoms. The average Bonchev–Trinajstić information content (AvgIpc) is 3.03. The van der Waals surface area contributed by atoms with Crippen molar-refractivity contribution in [3.8, 4) is 17.2 Å². The lowest BCUT2D eigenvalue weighted by Gasteiger charge is -2.11. The fourth-order valence-corrected chi connectivity index (χ4v) is 2.44. The summed E-state index contributed by atoms with van der Waals surface area (Å²) < 4.78 is 16.1. The van der Waals surface area contributed by atoms with Gasteiger partial charge in [-0.25, -0.2) is 0 Å². The van der Waals surface area contributed by atoms with Gasteiger partial charge in [0.25, 0.3) is 0 Å². The van der Waals surface area contributed by atoms with Crippen molar-refractivity contribution in [3.05, 3.63) is 42.5 Å². The second-order valence-electron chi connectivity index (χ2n) is 5.98. The second-order valence-corrected chi connectivity index (χ2v) is 5.98. The van der Waals surface area contributed by atoms with Gasteiger partial charge in [-0.3, -0.25) is 4.79 Å². The third-order valence-corrected chi connectivity index (χ3v) is 3.56. The van der Waals surface area contributed by atoms with Crippen molar-refractivity contribution in [2.75, 3.05) is 24.0 Å². The van der Waals surface area contributed by atoms with E-state index >= 15 is 0 Å². The van der Waals surface area contributed by atoms with Crippen LogP contribution in [0.4, 0.5) is 11.4 Å². The van der Waals surface area contributed by atoms with Crippen LogP contribution in [0.2, 0.25) is 0 Å². The SMILES string of the molecule is CC(C)Oc1ccc(NCCC(=O)Nc2ccc3c(c2)OCO3)cc1. The zero-order valence-electron chi connectivity index (χ0n) is 14.4. The summed E-state index contributed by atoms with van der Waals surface area (Å²) in [5.74, 6) is 2.12. The number of ether oxygens (including phenoxy) is 3. The highest BCUT2D eigenvalue weighted by molar-refractivity contribution is 5.91. The number of carbonyl (C=O) groups excluding carboxylic acids is 1. The Morgan fingerprint density at radius 2 is 1.80 bits per heavy atom. The molecule has 1 aliphatic heterocycles. The summed E-state index contributed by atoms with van der Waals surface area (Å²) in [4.78, 5) is 12.0. The van der Waals surface area contributed by atoms with Crippen LogP contribution < -0.4 is 24.8 Å². The zero-order chi connectivity index (χ0) is 17.6. The minimum absolute atomic E-state index is 0.0638. The van der Waals surface area contributed by atoms with Crippen LogP contribution in [0.1, 0.15) is 20.3 Å². The van der Waals surface area contributed by atoms with Crippen molar-refractivity contribution in [2.45, 2.75) is 26.4 Å². The number of nitrogens with one attached hydrogen (secondary N) is 2. The summed E-state index contributed by atoms with van der Waals surface area (Å²) in [5.41, 5.74) is 1.65. The van der Waals surface area contributed by atoms with Crippen molar-refractivity contribution in [2.24, 2.45) is 0 Å². The summed E-state index contributed by atoms with van der Waals surface area (Å²) in [5, 5.41) is 6.08. The summed E-state index contributed by atoms with van der Waals surface area (Å²) >= 11 is 0. The highest BCUT2D eigenvalue weighted by atomic mass is 16.7. The first-order valence-electron chi connectivity index (χ1n) is 8.30. The predicted molar refractivity (Wildman–Crippen MR) is 96.5 cm³/mol. The van der Waals surface area contributed by atoms with Crippen LogP contribution in [0, 0.1) is 0 Å². The molecule has 0 saturated carbocycles. The van der Waals surface area contributed by atoms with Gasteiger partial charge >= 0.3 is 0 Å². The monoisotopic (exact) mass is 342 g/mol. The molecule has 6 heteroatoms. The van der Waals surface area contributed by atoms with Gasteiger partial charge in [0, 0.05) is 30.4 Å². The first kappa shape index (κ1) is 17.0. The largest absolute Gasteiger partial charge is 0.491 e. The summed E-state index contributed by atoms with van der Waals surface area (Å²) in [6.45, 7) is 4.74. The van der Waals surface area contributed by atoms with E-state index in [4.69, 9.17) is 14.2 Å². The van der Waals surface area contributed by atoms with E-state index in [1.807, 2.05) is 38.1 Å². The molecule has 1 aliphatic rings. The Hall–Kier alpha value is -2.89. The van der Waals surface area contributed by atoms with E-state index < -0.39 is 0 Å². The summed E-state index contributed by atoms with van der Waals surface area (Å²) in [7, 11) is 0. The quantitative estimate of drug-likeness (QED) is 0.804. The fraction of sp³-hybridized carbons (Fsp3) is 0.316. The number of hydrogen-bond donors (Lipinski definition) is 2. The van der Waals surface area contributed by atoms with E-state index in [0.717, 1.165) is 11.4 Å². The molecule has 0 aromatic heterocycles. The molecule has 6 nitrogen and oxygen atoms in total. The molecule has 1 heterocycles. The van der Waals surface area contributed by atoms with E-state index in [1.54, 1.807) is 18.2 Å². The molecule has 2 aromatic carbocycles. The molecule has 0 unspecified atom stereocenters. The standard InChI is InChI=1S/C19H22N2O4/c1-13(2)25-16-6-3-14(4-7-16)20-10-9-19(22)21-15-5-8-17-18(11-15)24-12-23-17/h3-8,11,13,20H,9-10,12H2,1-2H3,(H,21,22). The first-order valence-corrected chi connectivity index (χ1v) is 8.30. The lowest BCUT2D eigenvalue weighted by atomic mass is 10.2. The topological polar surface area (TPSA) is 68.8 Å². The van der Waals surface area contributed by atoms with E-state index in [1.165, 1.54) is 0 Å². The number of hydrogen-bond acceptors (Lipinski definition) is 5. The lowest BCUT2D eigenvalue weighted by molar-refractivity contribution is -0.115. The highest BCUT2D eigenvalue weighted by Gasteiger charge is 2.14. The van der Waals surface area contributed by atoms with Gasteiger partial charge in [0.2, 0.25) is 12.7 Å². The predicted octanol–water partition coefficient (Wildman–Crippen LogP) is 3.64. The van der Waals surface area contributed by atoms with Crippen molar-refractivity contribution >= 4 is 17.3 Å². The van der Waals surface area contributed by atoms with Crippen molar-refractivity contribution in [1.29, 1.82) is 0 Å². The normalized spacial score (nSPS) is 12.1. The molecule has 0 spiro atoms. The average molecular weight is 342 g/mol. The number of benzene rings is 2. The molecule has 0 aliphatic carbocycles. The number of amides is 1. The van der Waals surface area contributed by atoms with Crippen LogP contribution in [0.15, 0.2) is 42.5 Å². The maximum atomic E-state index is 12.0. The number of rotatable bonds is 7. The van der Waals surface area contributed by atoms with Crippen LogP contribution in [0.3, 0.4) is 0 Å². The lowest BCUT2D eigenvalue weighted by Crippen LogP contribution is -2.16. The molecule has 0 atom stereocenters. The molecule has 3 rings (SSSR count). The van der Waals surface area contributed by atoms with Gasteiger partial charge in [-0.2, -0.15) is 0 Å². The Morgan fingerprint density at radius 3 is 2.56 bits per heavy atom. The van der Waals surface area contributed by atoms with Crippen LogP contribution in [-0.2, 0) is 4.79 Å². The van der Waals surface area contributed by atoms with Crippen LogP contribution in [0.5, 0.6) is 17.2 Å². The fourth-order valence-electron chi connectivity index (χ4n) is 2.44. The molecule has 2 aromatic rings. The van der Waals surface area contributed by atoms with Crippen LogP contribution in [-0.4, -0.2) is 25.3 Å². The Bertz CT molecular complexity index is 729. The smallest absolute Gasteiger partial charge is 0.231 e. The van der Waals surface area contributed by atoms with Crippen LogP contribution >= 0.6 is 0 Å². The molecule has 0 bridgehead atoms. The van der Waals surface area contributed by atoms with Gasteiger partial charge in [-0.15, -0.1) is 0 Å². The molecule has 0 radical (unpaired) electrons. The van der Waals surface area contributed by atoms with E-state index in [0.29, 0.717) is 30.2 Å².